The first-order valence-electron chi connectivity index (χ1n) is 7.09. The van der Waals surface area contributed by atoms with Crippen LogP contribution in [0.15, 0.2) is 18.2 Å². The lowest BCUT2D eigenvalue weighted by atomic mass is 10.2. The lowest BCUT2D eigenvalue weighted by Crippen LogP contribution is -2.38. The molecule has 1 aromatic rings. The van der Waals surface area contributed by atoms with Crippen molar-refractivity contribution in [2.75, 3.05) is 26.7 Å². The fourth-order valence-corrected chi connectivity index (χ4v) is 2.74. The molecule has 118 valence electrons. The molecule has 0 spiro atoms. The molecule has 2 rings (SSSR count). The molecule has 1 aliphatic carbocycles. The van der Waals surface area contributed by atoms with E-state index >= 15 is 0 Å². The van der Waals surface area contributed by atoms with Crippen molar-refractivity contribution in [2.45, 2.75) is 25.0 Å². The van der Waals surface area contributed by atoms with E-state index in [2.05, 4.69) is 0 Å². The number of aliphatic hydroxyl groups is 2. The van der Waals surface area contributed by atoms with Gasteiger partial charge in [-0.15, -0.1) is 0 Å². The number of rotatable bonds is 8. The summed E-state index contributed by atoms with van der Waals surface area (Å²) in [5, 5.41) is 20.7. The largest absolute Gasteiger partial charge is 0.488 e. The molecule has 0 radical (unpaired) electrons. The number of ether oxygens (including phenoxy) is 1. The second-order valence-corrected chi connectivity index (χ2v) is 6.46. The molecule has 2 N–H and O–H groups in total. The number of aliphatic hydroxyl groups excluding tert-OH is 2. The molecule has 1 aromatic carbocycles. The van der Waals surface area contributed by atoms with Crippen LogP contribution in [0.3, 0.4) is 0 Å². The van der Waals surface area contributed by atoms with Gasteiger partial charge in [-0.1, -0.05) is 29.3 Å². The van der Waals surface area contributed by atoms with E-state index in [9.17, 15) is 10.2 Å². The van der Waals surface area contributed by atoms with Crippen molar-refractivity contribution in [2.24, 2.45) is 5.92 Å². The van der Waals surface area contributed by atoms with Crippen LogP contribution in [0.2, 0.25) is 10.0 Å². The van der Waals surface area contributed by atoms with Gasteiger partial charge in [-0.3, -0.25) is 0 Å². The van der Waals surface area contributed by atoms with Gasteiger partial charge in [-0.2, -0.15) is 0 Å². The zero-order valence-electron chi connectivity index (χ0n) is 12.0. The molecule has 1 fully saturated rings. The Kier molecular flexibility index (Phi) is 6.14. The molecule has 0 aliphatic heterocycles. The highest BCUT2D eigenvalue weighted by molar-refractivity contribution is 6.37. The number of hydrogen-bond donors (Lipinski definition) is 2. The van der Waals surface area contributed by atoms with Crippen molar-refractivity contribution in [1.29, 1.82) is 0 Å². The predicted molar refractivity (Wildman–Crippen MR) is 84.2 cm³/mol. The van der Waals surface area contributed by atoms with E-state index in [4.69, 9.17) is 27.9 Å². The quantitative estimate of drug-likeness (QED) is 0.767. The zero-order chi connectivity index (χ0) is 15.4. The first-order chi connectivity index (χ1) is 9.97. The summed E-state index contributed by atoms with van der Waals surface area (Å²) < 4.78 is 5.49. The fraction of sp³-hybridized carbons (Fsp3) is 0.600. The minimum Gasteiger partial charge on any atom is -0.488 e. The predicted octanol–water partition coefficient (Wildman–Crippen LogP) is 2.44. The molecule has 0 heterocycles. The summed E-state index contributed by atoms with van der Waals surface area (Å²) >= 11 is 12.0. The van der Waals surface area contributed by atoms with Crippen molar-refractivity contribution in [3.8, 4) is 5.75 Å². The van der Waals surface area contributed by atoms with Gasteiger partial charge in [-0.05, 0) is 37.9 Å². The summed E-state index contributed by atoms with van der Waals surface area (Å²) in [6, 6.07) is 5.11. The summed E-state index contributed by atoms with van der Waals surface area (Å²) in [6.07, 6.45) is 1.23. The highest BCUT2D eigenvalue weighted by atomic mass is 35.5. The third-order valence-corrected chi connectivity index (χ3v) is 4.12. The van der Waals surface area contributed by atoms with Crippen LogP contribution in [0, 0.1) is 5.92 Å². The molecule has 21 heavy (non-hydrogen) atoms. The minimum absolute atomic E-state index is 0.104. The van der Waals surface area contributed by atoms with Crippen molar-refractivity contribution in [1.82, 2.24) is 4.90 Å². The Morgan fingerprint density at radius 1 is 1.24 bits per heavy atom. The first kappa shape index (κ1) is 16.8. The highest BCUT2D eigenvalue weighted by Gasteiger charge is 2.30. The van der Waals surface area contributed by atoms with Crippen molar-refractivity contribution >= 4 is 23.2 Å². The van der Waals surface area contributed by atoms with Crippen LogP contribution in [-0.2, 0) is 0 Å². The van der Waals surface area contributed by atoms with Crippen molar-refractivity contribution < 1.29 is 14.9 Å². The molecule has 0 saturated heterocycles. The standard InChI is InChI=1S/C15H21Cl2NO3/c1-18(8-14(20)10-5-6-10)7-11(19)9-21-15-12(16)3-2-4-13(15)17/h2-4,10-11,14,19-20H,5-9H2,1H3. The second-order valence-electron chi connectivity index (χ2n) is 5.64. The van der Waals surface area contributed by atoms with Gasteiger partial charge in [-0.25, -0.2) is 0 Å². The average Bonchev–Trinajstić information content (AvgIpc) is 3.22. The second kappa shape index (κ2) is 7.65. The molecule has 2 atom stereocenters. The Morgan fingerprint density at radius 3 is 2.43 bits per heavy atom. The number of nitrogens with zero attached hydrogens (tertiary/aromatic N) is 1. The van der Waals surface area contributed by atoms with E-state index in [1.54, 1.807) is 18.2 Å². The SMILES string of the molecule is CN(CC(O)COc1c(Cl)cccc1Cl)CC(O)C1CC1. The van der Waals surface area contributed by atoms with Gasteiger partial charge >= 0.3 is 0 Å². The number of para-hydroxylation sites is 1. The molecular formula is C15H21Cl2NO3. The maximum atomic E-state index is 10.00. The summed E-state index contributed by atoms with van der Waals surface area (Å²) in [6.45, 7) is 1.09. The molecule has 0 amide bonds. The minimum atomic E-state index is -0.672. The summed E-state index contributed by atoms with van der Waals surface area (Å²) in [5.41, 5.74) is 0. The van der Waals surface area contributed by atoms with E-state index in [0.29, 0.717) is 34.8 Å². The molecule has 2 unspecified atom stereocenters. The topological polar surface area (TPSA) is 52.9 Å². The number of halogens is 2. The molecule has 4 nitrogen and oxygen atoms in total. The Balaban J connectivity index is 1.74. The summed E-state index contributed by atoms with van der Waals surface area (Å²) in [7, 11) is 1.87. The van der Waals surface area contributed by atoms with Crippen LogP contribution in [0.5, 0.6) is 5.75 Å². The molecule has 1 aliphatic rings. The summed E-state index contributed by atoms with van der Waals surface area (Å²) in [4.78, 5) is 1.91. The van der Waals surface area contributed by atoms with Gasteiger partial charge < -0.3 is 19.8 Å². The number of likely N-dealkylation sites (N-methyl/N-ethyl adjacent to an activating group) is 1. The molecular weight excluding hydrogens is 313 g/mol. The lowest BCUT2D eigenvalue weighted by Gasteiger charge is -2.23. The normalized spacial score (nSPS) is 17.8. The third kappa shape index (κ3) is 5.31. The van der Waals surface area contributed by atoms with Gasteiger partial charge in [0, 0.05) is 13.1 Å². The van der Waals surface area contributed by atoms with Crippen LogP contribution in [0.25, 0.3) is 0 Å². The van der Waals surface area contributed by atoms with Crippen LogP contribution < -0.4 is 4.74 Å². The van der Waals surface area contributed by atoms with Gasteiger partial charge in [0.15, 0.2) is 5.75 Å². The van der Waals surface area contributed by atoms with E-state index in [1.165, 1.54) is 0 Å². The molecule has 0 aromatic heterocycles. The Morgan fingerprint density at radius 2 is 1.86 bits per heavy atom. The summed E-state index contributed by atoms with van der Waals surface area (Å²) in [5.74, 6) is 0.823. The van der Waals surface area contributed by atoms with Crippen molar-refractivity contribution in [3.63, 3.8) is 0 Å². The van der Waals surface area contributed by atoms with Crippen LogP contribution in [-0.4, -0.2) is 54.1 Å². The van der Waals surface area contributed by atoms with Gasteiger partial charge in [0.2, 0.25) is 0 Å². The van der Waals surface area contributed by atoms with E-state index in [0.717, 1.165) is 12.8 Å². The van der Waals surface area contributed by atoms with Crippen molar-refractivity contribution in [3.05, 3.63) is 28.2 Å². The Bertz CT molecular complexity index is 448. The number of hydrogen-bond acceptors (Lipinski definition) is 4. The zero-order valence-corrected chi connectivity index (χ0v) is 13.5. The average molecular weight is 334 g/mol. The van der Waals surface area contributed by atoms with Gasteiger partial charge in [0.1, 0.15) is 12.7 Å². The third-order valence-electron chi connectivity index (χ3n) is 3.53. The Labute approximate surface area is 135 Å². The lowest BCUT2D eigenvalue weighted by molar-refractivity contribution is 0.0509. The van der Waals surface area contributed by atoms with Gasteiger partial charge in [0.05, 0.1) is 16.1 Å². The van der Waals surface area contributed by atoms with Crippen LogP contribution in [0.1, 0.15) is 12.8 Å². The maximum Gasteiger partial charge on any atom is 0.156 e. The maximum absolute atomic E-state index is 10.00. The first-order valence-corrected chi connectivity index (χ1v) is 7.84. The van der Waals surface area contributed by atoms with E-state index < -0.39 is 6.10 Å². The molecule has 1 saturated carbocycles. The van der Waals surface area contributed by atoms with E-state index in [-0.39, 0.29) is 12.7 Å². The Hall–Kier alpha value is -0.520. The number of benzene rings is 1. The van der Waals surface area contributed by atoms with E-state index in [1.807, 2.05) is 11.9 Å². The van der Waals surface area contributed by atoms with Crippen LogP contribution >= 0.6 is 23.2 Å². The monoisotopic (exact) mass is 333 g/mol. The highest BCUT2D eigenvalue weighted by Crippen LogP contribution is 2.33. The molecule has 0 bridgehead atoms. The molecule has 6 heteroatoms. The van der Waals surface area contributed by atoms with Crippen LogP contribution in [0.4, 0.5) is 0 Å². The fourth-order valence-electron chi connectivity index (χ4n) is 2.24. The van der Waals surface area contributed by atoms with Gasteiger partial charge in [0.25, 0.3) is 0 Å². The smallest absolute Gasteiger partial charge is 0.156 e.